The molecule has 0 saturated carbocycles. The molecule has 0 unspecified atom stereocenters. The molecule has 0 nitrogen and oxygen atoms in total. The minimum atomic E-state index is -1.19. The lowest BCUT2D eigenvalue weighted by atomic mass is 10.6. The van der Waals surface area contributed by atoms with Gasteiger partial charge in [0.25, 0.3) is 0 Å². The first-order valence-corrected chi connectivity index (χ1v) is 10.5. The molecule has 2 rings (SSSR count). The summed E-state index contributed by atoms with van der Waals surface area (Å²) in [4.78, 5) is 0. The zero-order valence-electron chi connectivity index (χ0n) is 4.22. The van der Waals surface area contributed by atoms with Gasteiger partial charge in [-0.15, -0.1) is 0 Å². The van der Waals surface area contributed by atoms with Crippen molar-refractivity contribution in [2.75, 3.05) is 0 Å². The van der Waals surface area contributed by atoms with Crippen LogP contribution in [0.1, 0.15) is 13.3 Å². The zero-order chi connectivity index (χ0) is 6.07. The molecule has 0 amide bonds. The van der Waals surface area contributed by atoms with Gasteiger partial charge < -0.3 is 0 Å². The van der Waals surface area contributed by atoms with Crippen LogP contribution in [0.5, 0.6) is 0 Å². The minimum Gasteiger partial charge on any atom is -0.0623 e. The van der Waals surface area contributed by atoms with E-state index in [0.717, 1.165) is 0 Å². The fourth-order valence-corrected chi connectivity index (χ4v) is 27.5. The van der Waals surface area contributed by atoms with Crippen LogP contribution in [0.25, 0.3) is 0 Å². The van der Waals surface area contributed by atoms with Gasteiger partial charge >= 0.3 is 0 Å². The molecule has 2 aliphatic heterocycles. The molecule has 0 aromatic carbocycles. The van der Waals surface area contributed by atoms with Crippen molar-refractivity contribution in [3.63, 3.8) is 0 Å². The van der Waals surface area contributed by atoms with Crippen molar-refractivity contribution < 1.29 is 0 Å². The van der Waals surface area contributed by atoms with Crippen LogP contribution in [0.15, 0.2) is 0 Å². The number of halogens is 1. The Kier molecular flexibility index (Phi) is 1.09. The first kappa shape index (κ1) is 6.69. The van der Waals surface area contributed by atoms with Gasteiger partial charge in [0.2, 0.25) is 0 Å². The van der Waals surface area contributed by atoms with Gasteiger partial charge in [-0.05, 0) is 20.6 Å². The molecule has 0 aromatic heterocycles. The van der Waals surface area contributed by atoms with Gasteiger partial charge in [0.15, 0.2) is 0 Å². The maximum absolute atomic E-state index is 5.45. The molecular formula is C3H5IS4. The summed E-state index contributed by atoms with van der Waals surface area (Å²) < 4.78 is -0.614. The van der Waals surface area contributed by atoms with Crippen molar-refractivity contribution >= 4 is 56.9 Å². The highest BCUT2D eigenvalue weighted by atomic mass is 127. The van der Waals surface area contributed by atoms with Crippen molar-refractivity contribution in [2.24, 2.45) is 0 Å². The van der Waals surface area contributed by atoms with Gasteiger partial charge in [-0.3, -0.25) is 0 Å². The summed E-state index contributed by atoms with van der Waals surface area (Å²) in [5, 5.41) is 0. The maximum Gasteiger partial charge on any atom is 0.140 e. The maximum atomic E-state index is 5.45. The molecule has 0 N–H and O–H groups in total. The molecule has 0 radical (unpaired) electrons. The molecule has 2 fully saturated rings. The predicted octanol–water partition coefficient (Wildman–Crippen LogP) is 2.88. The van der Waals surface area contributed by atoms with Crippen LogP contribution >= 0.6 is 42.8 Å². The van der Waals surface area contributed by atoms with Crippen LogP contribution in [0.3, 0.4) is 0 Å². The van der Waals surface area contributed by atoms with Gasteiger partial charge in [-0.1, -0.05) is 28.5 Å². The average Bonchev–Trinajstić information content (AvgIpc) is 2.21. The molecule has 5 heteroatoms. The van der Waals surface area contributed by atoms with Crippen LogP contribution in [-0.4, -0.2) is 3.41 Å². The molecule has 8 heavy (non-hydrogen) atoms. The fourth-order valence-electron chi connectivity index (χ4n) is 0.752. The quantitative estimate of drug-likeness (QED) is 0.316. The Bertz CT molecular complexity index is 209. The highest BCUT2D eigenvalue weighted by Crippen LogP contribution is 3.07. The van der Waals surface area contributed by atoms with Gasteiger partial charge in [0.05, 0.1) is 0 Å². The monoisotopic (exact) mass is 296 g/mol. The molecule has 0 bridgehead atoms. The summed E-state index contributed by atoms with van der Waals surface area (Å²) in [6.45, 7) is 2.24. The highest BCUT2D eigenvalue weighted by Gasteiger charge is 2.88. The van der Waals surface area contributed by atoms with E-state index in [4.69, 9.17) is 11.2 Å². The normalized spacial score (nSPS) is 57.5. The van der Waals surface area contributed by atoms with E-state index < -0.39 is 2.96 Å². The zero-order valence-corrected chi connectivity index (χ0v) is 9.64. The molecule has 2 heterocycles. The van der Waals surface area contributed by atoms with E-state index in [9.17, 15) is 0 Å². The Morgan fingerprint density at radius 2 is 2.12 bits per heavy atom. The van der Waals surface area contributed by atoms with E-state index in [1.54, 1.807) is 0 Å². The fraction of sp³-hybridized carbons (Fsp3) is 1.00. The molecule has 0 aliphatic carbocycles. The van der Waals surface area contributed by atoms with Crippen LogP contribution in [0.4, 0.5) is 0 Å². The largest absolute Gasteiger partial charge is 0.140 e. The number of rotatable bonds is 1. The van der Waals surface area contributed by atoms with Gasteiger partial charge in [0.1, 0.15) is 3.41 Å². The van der Waals surface area contributed by atoms with Gasteiger partial charge in [0, 0.05) is 21.2 Å². The van der Waals surface area contributed by atoms with Crippen molar-refractivity contribution in [1.82, 2.24) is 0 Å². The van der Waals surface area contributed by atoms with E-state index >= 15 is 0 Å². The lowest BCUT2D eigenvalue weighted by molar-refractivity contribution is 1.05. The van der Waals surface area contributed by atoms with Crippen LogP contribution in [0.2, 0.25) is 0 Å². The molecule has 0 aromatic rings. The smallest absolute Gasteiger partial charge is 0.0623 e. The number of hydrogen-bond donors (Lipinski definition) is 0. The van der Waals surface area contributed by atoms with Crippen molar-refractivity contribution in [2.45, 2.75) is 16.8 Å². The van der Waals surface area contributed by atoms with E-state index in [1.165, 1.54) is 6.42 Å². The van der Waals surface area contributed by atoms with Crippen molar-refractivity contribution in [1.29, 1.82) is 0 Å². The lowest BCUT2D eigenvalue weighted by Gasteiger charge is -1.92. The summed E-state index contributed by atoms with van der Waals surface area (Å²) in [5.41, 5.74) is 0. The number of fused-ring (bicyclic) bond motifs is 1. The molecular weight excluding hydrogens is 291 g/mol. The van der Waals surface area contributed by atoms with Crippen LogP contribution in [0, 0.1) is 0 Å². The van der Waals surface area contributed by atoms with Crippen LogP contribution < -0.4 is 0 Å². The van der Waals surface area contributed by atoms with Crippen molar-refractivity contribution in [3.05, 3.63) is 0 Å². The summed E-state index contributed by atoms with van der Waals surface area (Å²) in [7, 11) is 4.09. The topological polar surface area (TPSA) is 0 Å². The first-order valence-electron chi connectivity index (χ1n) is 2.33. The average molecular weight is 296 g/mol. The Morgan fingerprint density at radius 3 is 2.12 bits per heavy atom. The van der Waals surface area contributed by atoms with Crippen molar-refractivity contribution in [3.8, 4) is 0 Å². The molecule has 0 spiro atoms. The molecule has 48 valence electrons. The Hall–Kier alpha value is 2.00. The minimum absolute atomic E-state index is 0.576. The predicted molar refractivity (Wildman–Crippen MR) is 57.0 cm³/mol. The highest BCUT2D eigenvalue weighted by molar-refractivity contribution is 14.2. The van der Waals surface area contributed by atoms with Gasteiger partial charge in [-0.25, -0.2) is 0 Å². The van der Waals surface area contributed by atoms with Crippen LogP contribution in [-0.2, 0) is 14.1 Å². The Morgan fingerprint density at radius 1 is 1.75 bits per heavy atom. The number of hydrogen-bond acceptors (Lipinski definition) is 3. The van der Waals surface area contributed by atoms with Gasteiger partial charge in [-0.2, -0.15) is 0 Å². The summed E-state index contributed by atoms with van der Waals surface area (Å²) >= 11 is 7.95. The van der Waals surface area contributed by atoms with E-state index in [-0.39, 0.29) is 0 Å². The summed E-state index contributed by atoms with van der Waals surface area (Å²) in [6.07, 6.45) is 1.27. The SMILES string of the molecule is CCC12SS1(=S)(I)S2. The van der Waals surface area contributed by atoms with E-state index in [0.29, 0.717) is 3.41 Å². The lowest BCUT2D eigenvalue weighted by Crippen LogP contribution is -1.81. The Labute approximate surface area is 72.8 Å². The third-order valence-corrected chi connectivity index (χ3v) is 23.3. The second-order valence-corrected chi connectivity index (χ2v) is 26.1. The third kappa shape index (κ3) is 0.538. The summed E-state index contributed by atoms with van der Waals surface area (Å²) in [6, 6.07) is 0. The van der Waals surface area contributed by atoms with E-state index in [2.05, 4.69) is 28.1 Å². The second kappa shape index (κ2) is 1.31. The second-order valence-electron chi connectivity index (χ2n) is 1.92. The summed E-state index contributed by atoms with van der Waals surface area (Å²) in [5.74, 6) is 0. The standard InChI is InChI=1S/C3H5IS4/c1-2-3-6-8(3,4,5)7-3/h2H2,1H3. The third-order valence-electron chi connectivity index (χ3n) is 1.42. The molecule has 0 atom stereocenters. The Balaban J connectivity index is 2.39. The van der Waals surface area contributed by atoms with E-state index in [1.807, 2.05) is 21.6 Å². The first-order chi connectivity index (χ1) is 3.52. The molecule has 2 aliphatic rings. The molecule has 2 saturated heterocycles.